The Hall–Kier alpha value is -2.23. The Morgan fingerprint density at radius 1 is 0.719 bits per heavy atom. The number of piperazine rings is 2. The molecule has 0 N–H and O–H groups in total. The average molecular weight is 459 g/mol. The number of anilines is 2. The van der Waals surface area contributed by atoms with Gasteiger partial charge in [0.05, 0.1) is 4.90 Å². The number of rotatable bonds is 4. The van der Waals surface area contributed by atoms with Gasteiger partial charge in [0.15, 0.2) is 0 Å². The Kier molecular flexibility index (Phi) is 6.42. The van der Waals surface area contributed by atoms with E-state index in [2.05, 4.69) is 37.8 Å². The highest BCUT2D eigenvalue weighted by Gasteiger charge is 2.31. The highest BCUT2D eigenvalue weighted by molar-refractivity contribution is 7.89. The minimum absolute atomic E-state index is 0.446. The molecule has 2 aromatic rings. The fraction of sp³-hybridized carbons (Fsp3) is 0.565. The first kappa shape index (κ1) is 22.9. The molecule has 9 heteroatoms. The zero-order chi connectivity index (χ0) is 23.0. The van der Waals surface area contributed by atoms with Gasteiger partial charge in [0.25, 0.3) is 0 Å². The van der Waals surface area contributed by atoms with Crippen molar-refractivity contribution in [3.05, 3.63) is 40.7 Å². The van der Waals surface area contributed by atoms with Crippen LogP contribution in [0, 0.1) is 27.7 Å². The van der Waals surface area contributed by atoms with Crippen molar-refractivity contribution in [2.75, 3.05) is 69.2 Å². The van der Waals surface area contributed by atoms with Gasteiger partial charge in [-0.15, -0.1) is 0 Å². The first-order valence-corrected chi connectivity index (χ1v) is 12.7. The lowest BCUT2D eigenvalue weighted by Gasteiger charge is -2.36. The Morgan fingerprint density at radius 3 is 1.69 bits per heavy atom. The lowest BCUT2D eigenvalue weighted by atomic mass is 10.1. The van der Waals surface area contributed by atoms with Crippen molar-refractivity contribution in [3.8, 4) is 0 Å². The van der Waals surface area contributed by atoms with Crippen LogP contribution in [-0.4, -0.2) is 87.0 Å². The van der Waals surface area contributed by atoms with Gasteiger partial charge in [-0.1, -0.05) is 17.7 Å². The van der Waals surface area contributed by atoms with Crippen LogP contribution >= 0.6 is 0 Å². The van der Waals surface area contributed by atoms with E-state index in [-0.39, 0.29) is 0 Å². The van der Waals surface area contributed by atoms with Crippen LogP contribution in [0.1, 0.15) is 22.5 Å². The normalized spacial score (nSPS) is 18.9. The zero-order valence-electron chi connectivity index (χ0n) is 19.8. The molecule has 0 spiro atoms. The van der Waals surface area contributed by atoms with Gasteiger partial charge >= 0.3 is 0 Å². The Balaban J connectivity index is 1.49. The van der Waals surface area contributed by atoms with Crippen molar-refractivity contribution in [1.29, 1.82) is 0 Å². The fourth-order valence-electron chi connectivity index (χ4n) is 4.76. The first-order chi connectivity index (χ1) is 15.1. The number of aromatic nitrogens is 2. The second-order valence-corrected chi connectivity index (χ2v) is 10.9. The lowest BCUT2D eigenvalue weighted by Crippen LogP contribution is -2.49. The SMILES string of the molecule is Cc1cc(C)c(S(=O)(=O)N2CCN(c3cc(N4CCN(C)CC4)nc(C)n3)CC2)c(C)c1. The van der Waals surface area contributed by atoms with Crippen LogP contribution in [-0.2, 0) is 10.0 Å². The molecule has 174 valence electrons. The molecule has 2 aliphatic heterocycles. The smallest absolute Gasteiger partial charge is 0.243 e. The van der Waals surface area contributed by atoms with E-state index in [1.807, 2.05) is 39.8 Å². The maximum absolute atomic E-state index is 13.4. The molecule has 0 bridgehead atoms. The second-order valence-electron chi connectivity index (χ2n) is 9.04. The summed E-state index contributed by atoms with van der Waals surface area (Å²) in [5, 5.41) is 0. The van der Waals surface area contributed by atoms with E-state index in [0.29, 0.717) is 31.1 Å². The van der Waals surface area contributed by atoms with E-state index >= 15 is 0 Å². The van der Waals surface area contributed by atoms with Crippen molar-refractivity contribution in [2.24, 2.45) is 0 Å². The van der Waals surface area contributed by atoms with Gasteiger partial charge in [-0.2, -0.15) is 4.31 Å². The molecule has 0 atom stereocenters. The van der Waals surface area contributed by atoms with Crippen LogP contribution < -0.4 is 9.80 Å². The van der Waals surface area contributed by atoms with Crippen molar-refractivity contribution >= 4 is 21.7 Å². The maximum atomic E-state index is 13.4. The number of nitrogens with zero attached hydrogens (tertiary/aromatic N) is 6. The van der Waals surface area contributed by atoms with Gasteiger partial charge < -0.3 is 14.7 Å². The summed E-state index contributed by atoms with van der Waals surface area (Å²) in [5.74, 6) is 2.59. The summed E-state index contributed by atoms with van der Waals surface area (Å²) in [4.78, 5) is 16.6. The van der Waals surface area contributed by atoms with E-state index < -0.39 is 10.0 Å². The van der Waals surface area contributed by atoms with Gasteiger partial charge in [-0.05, 0) is 45.9 Å². The molecule has 0 amide bonds. The highest BCUT2D eigenvalue weighted by Crippen LogP contribution is 2.27. The van der Waals surface area contributed by atoms with Crippen LogP contribution in [0.3, 0.4) is 0 Å². The van der Waals surface area contributed by atoms with Crippen LogP contribution in [0.4, 0.5) is 11.6 Å². The summed E-state index contributed by atoms with van der Waals surface area (Å²) in [6, 6.07) is 5.94. The van der Waals surface area contributed by atoms with Crippen molar-refractivity contribution < 1.29 is 8.42 Å². The van der Waals surface area contributed by atoms with E-state index in [1.165, 1.54) is 0 Å². The second kappa shape index (κ2) is 8.96. The fourth-order valence-corrected chi connectivity index (χ4v) is 6.59. The van der Waals surface area contributed by atoms with E-state index in [4.69, 9.17) is 0 Å². The largest absolute Gasteiger partial charge is 0.354 e. The molecule has 8 nitrogen and oxygen atoms in total. The zero-order valence-corrected chi connectivity index (χ0v) is 20.6. The van der Waals surface area contributed by atoms with Gasteiger partial charge in [0.1, 0.15) is 17.5 Å². The Morgan fingerprint density at radius 2 is 1.19 bits per heavy atom. The van der Waals surface area contributed by atoms with Crippen LogP contribution in [0.2, 0.25) is 0 Å². The summed E-state index contributed by atoms with van der Waals surface area (Å²) in [6.45, 7) is 13.7. The molecule has 0 radical (unpaired) electrons. The first-order valence-electron chi connectivity index (χ1n) is 11.3. The third-order valence-corrected chi connectivity index (χ3v) is 8.61. The summed E-state index contributed by atoms with van der Waals surface area (Å²) < 4.78 is 28.4. The quantitative estimate of drug-likeness (QED) is 0.694. The predicted molar refractivity (Wildman–Crippen MR) is 128 cm³/mol. The number of benzene rings is 1. The number of hydrogen-bond donors (Lipinski definition) is 0. The minimum atomic E-state index is -3.52. The molecule has 0 aliphatic carbocycles. The molecule has 0 unspecified atom stereocenters. The van der Waals surface area contributed by atoms with Crippen molar-refractivity contribution in [2.45, 2.75) is 32.6 Å². The molecule has 4 rings (SSSR count). The van der Waals surface area contributed by atoms with Crippen LogP contribution in [0.15, 0.2) is 23.1 Å². The monoisotopic (exact) mass is 458 g/mol. The molecular formula is C23H34N6O2S. The number of aryl methyl sites for hydroxylation is 4. The average Bonchev–Trinajstić information content (AvgIpc) is 2.73. The topological polar surface area (TPSA) is 72.9 Å². The number of likely N-dealkylation sites (N-methyl/N-ethyl adjacent to an activating group) is 1. The molecule has 0 saturated carbocycles. The van der Waals surface area contributed by atoms with Gasteiger partial charge in [0, 0.05) is 58.4 Å². The van der Waals surface area contributed by atoms with Crippen molar-refractivity contribution in [1.82, 2.24) is 19.2 Å². The van der Waals surface area contributed by atoms with Gasteiger partial charge in [0.2, 0.25) is 10.0 Å². The molecule has 3 heterocycles. The minimum Gasteiger partial charge on any atom is -0.354 e. The Labute approximate surface area is 191 Å². The number of hydrogen-bond acceptors (Lipinski definition) is 7. The molecule has 32 heavy (non-hydrogen) atoms. The molecular weight excluding hydrogens is 424 g/mol. The van der Waals surface area contributed by atoms with E-state index in [1.54, 1.807) is 4.31 Å². The lowest BCUT2D eigenvalue weighted by molar-refractivity contribution is 0.312. The van der Waals surface area contributed by atoms with Gasteiger partial charge in [-0.25, -0.2) is 18.4 Å². The standard InChI is InChI=1S/C23H34N6O2S/c1-17-14-18(2)23(19(3)15-17)32(30,31)29-12-10-28(11-13-29)22-16-21(24-20(4)25-22)27-8-6-26(5)7-9-27/h14-16H,6-13H2,1-5H3. The van der Waals surface area contributed by atoms with Crippen molar-refractivity contribution in [3.63, 3.8) is 0 Å². The summed E-state index contributed by atoms with van der Waals surface area (Å²) >= 11 is 0. The van der Waals surface area contributed by atoms with Gasteiger partial charge in [-0.3, -0.25) is 0 Å². The summed E-state index contributed by atoms with van der Waals surface area (Å²) in [6.07, 6.45) is 0. The van der Waals surface area contributed by atoms with Crippen LogP contribution in [0.25, 0.3) is 0 Å². The highest BCUT2D eigenvalue weighted by atomic mass is 32.2. The molecule has 2 saturated heterocycles. The van der Waals surface area contributed by atoms with Crippen LogP contribution in [0.5, 0.6) is 0 Å². The third kappa shape index (κ3) is 4.60. The Bertz CT molecular complexity index is 1060. The molecule has 1 aromatic heterocycles. The molecule has 1 aromatic carbocycles. The number of sulfonamides is 1. The maximum Gasteiger partial charge on any atom is 0.243 e. The summed E-state index contributed by atoms with van der Waals surface area (Å²) in [7, 11) is -1.38. The predicted octanol–water partition coefficient (Wildman–Crippen LogP) is 1.97. The third-order valence-electron chi connectivity index (χ3n) is 6.40. The molecule has 2 aliphatic rings. The van der Waals surface area contributed by atoms with E-state index in [9.17, 15) is 8.42 Å². The molecule has 2 fully saturated rings. The summed E-state index contributed by atoms with van der Waals surface area (Å²) in [5.41, 5.74) is 2.71. The van der Waals surface area contributed by atoms with E-state index in [0.717, 1.165) is 60.3 Å².